The van der Waals surface area contributed by atoms with Crippen molar-refractivity contribution in [1.29, 1.82) is 0 Å². The largest absolute Gasteiger partial charge is 0.478 e. The van der Waals surface area contributed by atoms with E-state index >= 15 is 0 Å². The van der Waals surface area contributed by atoms with E-state index in [0.717, 1.165) is 17.8 Å². The second-order valence-electron chi connectivity index (χ2n) is 4.98. The lowest BCUT2D eigenvalue weighted by atomic mass is 10.1. The van der Waals surface area contributed by atoms with Crippen LogP contribution >= 0.6 is 0 Å². The van der Waals surface area contributed by atoms with Gasteiger partial charge >= 0.3 is 11.9 Å². The zero-order valence-electron chi connectivity index (χ0n) is 12.3. The molecule has 2 N–H and O–H groups in total. The Morgan fingerprint density at radius 1 is 0.955 bits per heavy atom. The Balaban J connectivity index is 0.000000160. The summed E-state index contributed by atoms with van der Waals surface area (Å²) < 4.78 is 0. The number of rotatable bonds is 2. The summed E-state index contributed by atoms with van der Waals surface area (Å²) in [5.74, 6) is -2.34. The molecule has 0 radical (unpaired) electrons. The molecule has 0 aliphatic heterocycles. The lowest BCUT2D eigenvalue weighted by Crippen LogP contribution is -2.06. The molecular formula is C16H16N2O4. The quantitative estimate of drug-likeness (QED) is 0.867. The van der Waals surface area contributed by atoms with Crippen molar-refractivity contribution >= 4 is 18.0 Å². The Bertz CT molecular complexity index is 730. The third kappa shape index (κ3) is 3.11. The molecule has 0 unspecified atom stereocenters. The Labute approximate surface area is 127 Å². The number of carboxylic acid groups (broad SMARTS) is 2. The van der Waals surface area contributed by atoms with Gasteiger partial charge in [-0.15, -0.1) is 0 Å². The van der Waals surface area contributed by atoms with E-state index in [-0.39, 0.29) is 17.6 Å². The molecule has 6 nitrogen and oxygen atoms in total. The Kier molecular flexibility index (Phi) is 4.50. The van der Waals surface area contributed by atoms with E-state index in [1.165, 1.54) is 23.3 Å². The highest BCUT2D eigenvalue weighted by Gasteiger charge is 2.20. The summed E-state index contributed by atoms with van der Waals surface area (Å²) in [5.41, 5.74) is 4.57. The zero-order valence-corrected chi connectivity index (χ0v) is 12.3. The number of allylic oxidation sites excluding steroid dienone is 2. The van der Waals surface area contributed by atoms with Crippen molar-refractivity contribution in [2.45, 2.75) is 26.7 Å². The van der Waals surface area contributed by atoms with E-state index in [2.05, 4.69) is 22.3 Å². The minimum Gasteiger partial charge on any atom is -0.478 e. The van der Waals surface area contributed by atoms with Crippen molar-refractivity contribution < 1.29 is 19.8 Å². The summed E-state index contributed by atoms with van der Waals surface area (Å²) in [6.45, 7) is 4.01. The molecule has 2 aliphatic carbocycles. The molecule has 114 valence electrons. The van der Waals surface area contributed by atoms with E-state index in [1.54, 1.807) is 0 Å². The van der Waals surface area contributed by atoms with Crippen molar-refractivity contribution in [2.24, 2.45) is 0 Å². The van der Waals surface area contributed by atoms with Crippen LogP contribution in [0.4, 0.5) is 0 Å². The second kappa shape index (κ2) is 6.34. The molecular weight excluding hydrogens is 284 g/mol. The average Bonchev–Trinajstić information content (AvgIpc) is 3.12. The number of carbonyl (C=O) groups is 2. The minimum atomic E-state index is -1.18. The first-order valence-corrected chi connectivity index (χ1v) is 6.77. The molecule has 1 heterocycles. The maximum absolute atomic E-state index is 10.4. The Morgan fingerprint density at radius 2 is 1.59 bits per heavy atom. The third-order valence-corrected chi connectivity index (χ3v) is 3.53. The van der Waals surface area contributed by atoms with Crippen molar-refractivity contribution in [2.75, 3.05) is 0 Å². The predicted molar refractivity (Wildman–Crippen MR) is 80.3 cm³/mol. The molecule has 0 saturated carbocycles. The Morgan fingerprint density at radius 3 is 2.14 bits per heavy atom. The van der Waals surface area contributed by atoms with Gasteiger partial charge in [0.05, 0.1) is 22.5 Å². The molecule has 0 spiro atoms. The smallest absolute Gasteiger partial charge is 0.336 e. The van der Waals surface area contributed by atoms with Gasteiger partial charge in [0.2, 0.25) is 0 Å². The molecule has 22 heavy (non-hydrogen) atoms. The SMILES string of the molecule is Cc1nnc(C)c2c1C=CC2.O=C(O)C1=C(C(=O)O)CC=C1. The lowest BCUT2D eigenvalue weighted by Gasteiger charge is -2.02. The summed E-state index contributed by atoms with van der Waals surface area (Å²) in [5, 5.41) is 25.0. The van der Waals surface area contributed by atoms with Gasteiger partial charge in [0, 0.05) is 5.56 Å². The zero-order chi connectivity index (χ0) is 16.3. The molecule has 0 atom stereocenters. The molecule has 0 fully saturated rings. The van der Waals surface area contributed by atoms with Crippen molar-refractivity contribution in [3.8, 4) is 0 Å². The van der Waals surface area contributed by atoms with Crippen molar-refractivity contribution in [1.82, 2.24) is 10.2 Å². The van der Waals surface area contributed by atoms with Gasteiger partial charge in [-0.1, -0.05) is 24.3 Å². The van der Waals surface area contributed by atoms with Gasteiger partial charge in [-0.2, -0.15) is 10.2 Å². The van der Waals surface area contributed by atoms with Crippen molar-refractivity contribution in [3.63, 3.8) is 0 Å². The first kappa shape index (κ1) is 15.6. The first-order valence-electron chi connectivity index (χ1n) is 6.77. The second-order valence-corrected chi connectivity index (χ2v) is 4.98. The highest BCUT2D eigenvalue weighted by Crippen LogP contribution is 2.22. The normalized spacial score (nSPS) is 14.6. The summed E-state index contributed by atoms with van der Waals surface area (Å²) in [4.78, 5) is 20.7. The van der Waals surface area contributed by atoms with E-state index < -0.39 is 11.9 Å². The van der Waals surface area contributed by atoms with Crippen LogP contribution in [0.3, 0.4) is 0 Å². The summed E-state index contributed by atoms with van der Waals surface area (Å²) in [6.07, 6.45) is 8.35. The molecule has 1 aromatic rings. The number of fused-ring (bicyclic) bond motifs is 1. The maximum atomic E-state index is 10.4. The summed E-state index contributed by atoms with van der Waals surface area (Å²) in [7, 11) is 0. The van der Waals surface area contributed by atoms with Crippen LogP contribution in [0.15, 0.2) is 29.4 Å². The standard InChI is InChI=1S/C9H10N2.C7H6O4/c1-6-8-4-3-5-9(8)7(2)11-10-6;8-6(9)4-2-1-3-5(4)7(10)11/h3-4H,5H2,1-2H3;1-2H,3H2,(H,8,9)(H,10,11). The van der Waals surface area contributed by atoms with Gasteiger partial charge in [-0.3, -0.25) is 0 Å². The van der Waals surface area contributed by atoms with Crippen LogP contribution in [-0.2, 0) is 16.0 Å². The number of aliphatic carboxylic acids is 2. The molecule has 0 amide bonds. The Hall–Kier alpha value is -2.76. The first-order chi connectivity index (χ1) is 10.4. The van der Waals surface area contributed by atoms with Gasteiger partial charge in [0.1, 0.15) is 0 Å². The van der Waals surface area contributed by atoms with Crippen LogP contribution in [-0.4, -0.2) is 32.3 Å². The summed E-state index contributed by atoms with van der Waals surface area (Å²) in [6, 6.07) is 0. The van der Waals surface area contributed by atoms with Crippen LogP contribution < -0.4 is 0 Å². The lowest BCUT2D eigenvalue weighted by molar-refractivity contribution is -0.135. The number of aryl methyl sites for hydroxylation is 2. The fourth-order valence-electron chi connectivity index (χ4n) is 2.36. The van der Waals surface area contributed by atoms with Crippen LogP contribution in [0, 0.1) is 13.8 Å². The molecule has 1 aromatic heterocycles. The molecule has 3 rings (SSSR count). The van der Waals surface area contributed by atoms with Gasteiger partial charge < -0.3 is 10.2 Å². The van der Waals surface area contributed by atoms with Crippen LogP contribution in [0.2, 0.25) is 0 Å². The average molecular weight is 300 g/mol. The minimum absolute atomic E-state index is 0.0440. The number of hydrogen-bond donors (Lipinski definition) is 2. The van der Waals surface area contributed by atoms with Crippen LogP contribution in [0.1, 0.15) is 28.9 Å². The van der Waals surface area contributed by atoms with Gasteiger partial charge in [-0.05, 0) is 32.3 Å². The molecule has 0 saturated heterocycles. The van der Waals surface area contributed by atoms with Crippen LogP contribution in [0.25, 0.3) is 6.08 Å². The van der Waals surface area contributed by atoms with E-state index in [9.17, 15) is 9.59 Å². The van der Waals surface area contributed by atoms with Crippen LogP contribution in [0.5, 0.6) is 0 Å². The van der Waals surface area contributed by atoms with E-state index in [4.69, 9.17) is 10.2 Å². The molecule has 0 aromatic carbocycles. The van der Waals surface area contributed by atoms with E-state index in [0.29, 0.717) is 0 Å². The maximum Gasteiger partial charge on any atom is 0.336 e. The third-order valence-electron chi connectivity index (χ3n) is 3.53. The van der Waals surface area contributed by atoms with E-state index in [1.807, 2.05) is 13.8 Å². The number of nitrogens with zero attached hydrogens (tertiary/aromatic N) is 2. The van der Waals surface area contributed by atoms with Crippen molar-refractivity contribution in [3.05, 3.63) is 51.9 Å². The van der Waals surface area contributed by atoms with Gasteiger partial charge in [0.15, 0.2) is 0 Å². The van der Waals surface area contributed by atoms with Gasteiger partial charge in [-0.25, -0.2) is 9.59 Å². The molecule has 6 heteroatoms. The topological polar surface area (TPSA) is 100 Å². The predicted octanol–water partition coefficient (Wildman–Crippen LogP) is 2.07. The summed E-state index contributed by atoms with van der Waals surface area (Å²) >= 11 is 0. The monoisotopic (exact) mass is 300 g/mol. The number of aromatic nitrogens is 2. The fraction of sp³-hybridized carbons (Fsp3) is 0.250. The molecule has 0 bridgehead atoms. The highest BCUT2D eigenvalue weighted by atomic mass is 16.4. The fourth-order valence-corrected chi connectivity index (χ4v) is 2.36. The highest BCUT2D eigenvalue weighted by molar-refractivity contribution is 6.02. The van der Waals surface area contributed by atoms with Gasteiger partial charge in [0.25, 0.3) is 0 Å². The molecule has 2 aliphatic rings. The number of hydrogen-bond acceptors (Lipinski definition) is 4. The number of carboxylic acids is 2.